The lowest BCUT2D eigenvalue weighted by atomic mass is 10.3. The zero-order valence-electron chi connectivity index (χ0n) is 12.1. The summed E-state index contributed by atoms with van der Waals surface area (Å²) in [5, 5.41) is 13.9. The van der Waals surface area contributed by atoms with E-state index < -0.39 is 4.92 Å². The van der Waals surface area contributed by atoms with Gasteiger partial charge in [-0.2, -0.15) is 0 Å². The van der Waals surface area contributed by atoms with Crippen LogP contribution in [0.3, 0.4) is 0 Å². The Balaban J connectivity index is 1.57. The molecule has 0 spiro atoms. The van der Waals surface area contributed by atoms with Gasteiger partial charge in [0.05, 0.1) is 11.0 Å². The van der Waals surface area contributed by atoms with E-state index in [4.69, 9.17) is 0 Å². The number of benzene rings is 1. The Bertz CT molecular complexity index is 774. The second-order valence-electron chi connectivity index (χ2n) is 5.02. The standard InChI is InChI=1S/C14H16N6O2/c1-19-9-16-14(20(21)22)13(19)15-8-4-7-12-17-10-5-2-3-6-11(10)18-12/h2-3,5-6,9,15H,4,7-8H2,1H3,(H,17,18). The number of anilines is 1. The largest absolute Gasteiger partial charge is 0.406 e. The average Bonchev–Trinajstić information content (AvgIpc) is 3.07. The molecule has 0 unspecified atom stereocenters. The van der Waals surface area contributed by atoms with Gasteiger partial charge in [0.25, 0.3) is 0 Å². The third-order valence-electron chi connectivity index (χ3n) is 3.41. The highest BCUT2D eigenvalue weighted by Crippen LogP contribution is 2.20. The zero-order valence-corrected chi connectivity index (χ0v) is 12.1. The lowest BCUT2D eigenvalue weighted by Crippen LogP contribution is -2.08. The first-order valence-corrected chi connectivity index (χ1v) is 6.98. The summed E-state index contributed by atoms with van der Waals surface area (Å²) >= 11 is 0. The molecule has 0 bridgehead atoms. The number of imidazole rings is 2. The number of hydrogen-bond donors (Lipinski definition) is 2. The first-order chi connectivity index (χ1) is 10.6. The Morgan fingerprint density at radius 3 is 3.00 bits per heavy atom. The van der Waals surface area contributed by atoms with Crippen molar-refractivity contribution in [1.29, 1.82) is 0 Å². The van der Waals surface area contributed by atoms with Crippen LogP contribution in [0.5, 0.6) is 0 Å². The predicted octanol–water partition coefficient (Wildman–Crippen LogP) is 2.25. The molecule has 0 aliphatic heterocycles. The molecule has 1 aromatic carbocycles. The molecule has 2 aromatic heterocycles. The van der Waals surface area contributed by atoms with Crippen molar-refractivity contribution in [2.75, 3.05) is 11.9 Å². The minimum absolute atomic E-state index is 0.147. The number of hydrogen-bond acceptors (Lipinski definition) is 5. The SMILES string of the molecule is Cn1cnc([N+](=O)[O-])c1NCCCc1nc2ccccc2[nH]1. The molecule has 0 saturated heterocycles. The van der Waals surface area contributed by atoms with Crippen LogP contribution in [0.1, 0.15) is 12.2 Å². The van der Waals surface area contributed by atoms with Crippen LogP contribution in [0.2, 0.25) is 0 Å². The number of nitro groups is 1. The highest BCUT2D eigenvalue weighted by molar-refractivity contribution is 5.74. The molecule has 3 aromatic rings. The predicted molar refractivity (Wildman–Crippen MR) is 82.8 cm³/mol. The van der Waals surface area contributed by atoms with Crippen molar-refractivity contribution in [2.45, 2.75) is 12.8 Å². The van der Waals surface area contributed by atoms with E-state index in [1.165, 1.54) is 6.33 Å². The number of H-pyrrole nitrogens is 1. The molecule has 0 radical (unpaired) electrons. The maximum absolute atomic E-state index is 10.9. The van der Waals surface area contributed by atoms with E-state index in [1.807, 2.05) is 24.3 Å². The van der Waals surface area contributed by atoms with Crippen LogP contribution in [-0.4, -0.2) is 31.0 Å². The molecule has 0 atom stereocenters. The lowest BCUT2D eigenvalue weighted by molar-refractivity contribution is -0.388. The minimum Gasteiger partial charge on any atom is -0.364 e. The Morgan fingerprint density at radius 1 is 1.41 bits per heavy atom. The van der Waals surface area contributed by atoms with Crippen LogP contribution in [0.15, 0.2) is 30.6 Å². The molecule has 0 fully saturated rings. The number of nitrogens with one attached hydrogen (secondary N) is 2. The molecule has 2 heterocycles. The van der Waals surface area contributed by atoms with E-state index >= 15 is 0 Å². The molecule has 0 amide bonds. The number of fused-ring (bicyclic) bond motifs is 1. The summed E-state index contributed by atoms with van der Waals surface area (Å²) in [6.07, 6.45) is 3.01. The van der Waals surface area contributed by atoms with Crippen molar-refractivity contribution in [3.8, 4) is 0 Å². The number of aromatic amines is 1. The van der Waals surface area contributed by atoms with Gasteiger partial charge in [0.15, 0.2) is 0 Å². The van der Waals surface area contributed by atoms with Crippen LogP contribution < -0.4 is 5.32 Å². The monoisotopic (exact) mass is 300 g/mol. The fourth-order valence-corrected chi connectivity index (χ4v) is 2.34. The first-order valence-electron chi connectivity index (χ1n) is 6.98. The van der Waals surface area contributed by atoms with Gasteiger partial charge in [0, 0.05) is 20.0 Å². The maximum Gasteiger partial charge on any atom is 0.406 e. The zero-order chi connectivity index (χ0) is 15.5. The summed E-state index contributed by atoms with van der Waals surface area (Å²) in [5.74, 6) is 1.20. The molecule has 22 heavy (non-hydrogen) atoms. The van der Waals surface area contributed by atoms with Crippen molar-refractivity contribution in [3.05, 3.63) is 46.5 Å². The number of aryl methyl sites for hydroxylation is 2. The molecule has 0 saturated carbocycles. The molecule has 2 N–H and O–H groups in total. The quantitative estimate of drug-likeness (QED) is 0.413. The van der Waals surface area contributed by atoms with Crippen molar-refractivity contribution < 1.29 is 4.92 Å². The number of nitrogens with zero attached hydrogens (tertiary/aromatic N) is 4. The second-order valence-corrected chi connectivity index (χ2v) is 5.02. The molecule has 3 rings (SSSR count). The molecule has 8 heteroatoms. The van der Waals surface area contributed by atoms with Gasteiger partial charge in [0.2, 0.25) is 12.1 Å². The number of rotatable bonds is 6. The fourth-order valence-electron chi connectivity index (χ4n) is 2.34. The summed E-state index contributed by atoms with van der Waals surface area (Å²) < 4.78 is 1.61. The maximum atomic E-state index is 10.9. The highest BCUT2D eigenvalue weighted by Gasteiger charge is 2.19. The number of aromatic nitrogens is 4. The van der Waals surface area contributed by atoms with Gasteiger partial charge in [-0.15, -0.1) is 0 Å². The second kappa shape index (κ2) is 5.84. The van der Waals surface area contributed by atoms with Crippen molar-refractivity contribution in [1.82, 2.24) is 19.5 Å². The summed E-state index contributed by atoms with van der Waals surface area (Å²) in [7, 11) is 1.72. The Labute approximate surface area is 126 Å². The van der Waals surface area contributed by atoms with Gasteiger partial charge in [-0.25, -0.2) is 4.98 Å². The Morgan fingerprint density at radius 2 is 2.23 bits per heavy atom. The normalized spacial score (nSPS) is 11.0. The van der Waals surface area contributed by atoms with Crippen LogP contribution in [0, 0.1) is 10.1 Å². The van der Waals surface area contributed by atoms with Crippen LogP contribution in [0.4, 0.5) is 11.6 Å². The van der Waals surface area contributed by atoms with E-state index in [-0.39, 0.29) is 5.82 Å². The number of para-hydroxylation sites is 2. The smallest absolute Gasteiger partial charge is 0.364 e. The van der Waals surface area contributed by atoms with E-state index in [0.29, 0.717) is 12.4 Å². The van der Waals surface area contributed by atoms with Crippen molar-refractivity contribution in [3.63, 3.8) is 0 Å². The molecular formula is C14H16N6O2. The van der Waals surface area contributed by atoms with E-state index in [2.05, 4.69) is 20.3 Å². The lowest BCUT2D eigenvalue weighted by Gasteiger charge is -2.05. The minimum atomic E-state index is -0.485. The van der Waals surface area contributed by atoms with Gasteiger partial charge >= 0.3 is 5.82 Å². The fraction of sp³-hybridized carbons (Fsp3) is 0.286. The van der Waals surface area contributed by atoms with Gasteiger partial charge in [-0.05, 0) is 28.5 Å². The van der Waals surface area contributed by atoms with E-state index in [0.717, 1.165) is 29.7 Å². The van der Waals surface area contributed by atoms with Crippen LogP contribution in [0.25, 0.3) is 11.0 Å². The van der Waals surface area contributed by atoms with E-state index in [9.17, 15) is 10.1 Å². The average molecular weight is 300 g/mol. The molecule has 0 aliphatic rings. The first kappa shape index (κ1) is 14.1. The van der Waals surface area contributed by atoms with Gasteiger partial charge in [-0.1, -0.05) is 12.1 Å². The third kappa shape index (κ3) is 2.76. The highest BCUT2D eigenvalue weighted by atomic mass is 16.6. The summed E-state index contributed by atoms with van der Waals surface area (Å²) in [5.41, 5.74) is 1.97. The van der Waals surface area contributed by atoms with Gasteiger partial charge < -0.3 is 20.4 Å². The van der Waals surface area contributed by atoms with Gasteiger partial charge in [-0.3, -0.25) is 4.57 Å². The summed E-state index contributed by atoms with van der Waals surface area (Å²) in [6, 6.07) is 7.87. The molecule has 8 nitrogen and oxygen atoms in total. The Kier molecular flexibility index (Phi) is 3.73. The summed E-state index contributed by atoms with van der Waals surface area (Å²) in [4.78, 5) is 21.9. The van der Waals surface area contributed by atoms with Crippen molar-refractivity contribution >= 4 is 22.7 Å². The molecule has 0 aliphatic carbocycles. The molecule has 114 valence electrons. The topological polar surface area (TPSA) is 102 Å². The summed E-state index contributed by atoms with van der Waals surface area (Å²) in [6.45, 7) is 0.609. The van der Waals surface area contributed by atoms with Gasteiger partial charge in [0.1, 0.15) is 5.82 Å². The van der Waals surface area contributed by atoms with E-state index in [1.54, 1.807) is 11.6 Å². The van der Waals surface area contributed by atoms with Crippen LogP contribution in [-0.2, 0) is 13.5 Å². The Hall–Kier alpha value is -2.90. The van der Waals surface area contributed by atoms with Crippen molar-refractivity contribution in [2.24, 2.45) is 7.05 Å². The van der Waals surface area contributed by atoms with Crippen LogP contribution >= 0.6 is 0 Å². The third-order valence-corrected chi connectivity index (χ3v) is 3.41. The molecular weight excluding hydrogens is 284 g/mol.